The highest BCUT2D eigenvalue weighted by atomic mass is 79.9. The monoisotopic (exact) mass is 482 g/mol. The highest BCUT2D eigenvalue weighted by molar-refractivity contribution is 9.10. The van der Waals surface area contributed by atoms with Gasteiger partial charge in [-0.15, -0.1) is 0 Å². The van der Waals surface area contributed by atoms with Gasteiger partial charge < -0.3 is 9.47 Å². The number of nitro groups is 1. The summed E-state index contributed by atoms with van der Waals surface area (Å²) in [7, 11) is 1.49. The van der Waals surface area contributed by atoms with Gasteiger partial charge in [0.05, 0.1) is 23.7 Å². The Morgan fingerprint density at radius 2 is 1.94 bits per heavy atom. The Labute approximate surface area is 186 Å². The maximum atomic E-state index is 13.1. The lowest BCUT2D eigenvalue weighted by Crippen LogP contribution is -1.98. The lowest BCUT2D eigenvalue weighted by Gasteiger charge is -2.13. The molecular weight excluding hydrogens is 467 g/mol. The molecule has 3 aromatic carbocycles. The largest absolute Gasteiger partial charge is 0.493 e. The van der Waals surface area contributed by atoms with Crippen LogP contribution >= 0.6 is 15.9 Å². The van der Waals surface area contributed by atoms with Crippen LogP contribution in [-0.4, -0.2) is 12.0 Å². The topological polar surface area (TPSA) is 85.4 Å². The number of nitriles is 1. The highest BCUT2D eigenvalue weighted by Crippen LogP contribution is 2.36. The van der Waals surface area contributed by atoms with Crippen LogP contribution in [0.25, 0.3) is 11.6 Å². The van der Waals surface area contributed by atoms with Crippen molar-refractivity contribution >= 4 is 33.3 Å². The molecule has 3 aromatic rings. The van der Waals surface area contributed by atoms with Crippen LogP contribution in [0.2, 0.25) is 0 Å². The van der Waals surface area contributed by atoms with Gasteiger partial charge in [-0.3, -0.25) is 10.1 Å². The summed E-state index contributed by atoms with van der Waals surface area (Å²) in [4.78, 5) is 10.5. The molecule has 0 bridgehead atoms. The van der Waals surface area contributed by atoms with Gasteiger partial charge in [0, 0.05) is 16.6 Å². The molecular formula is C23H16BrFN2O4. The van der Waals surface area contributed by atoms with Crippen LogP contribution in [0.15, 0.2) is 65.1 Å². The first-order chi connectivity index (χ1) is 14.9. The third-order valence-corrected chi connectivity index (χ3v) is 5.07. The van der Waals surface area contributed by atoms with E-state index in [1.54, 1.807) is 36.4 Å². The number of rotatable bonds is 7. The molecule has 0 amide bonds. The molecule has 0 fully saturated rings. The number of benzene rings is 3. The van der Waals surface area contributed by atoms with E-state index < -0.39 is 4.92 Å². The van der Waals surface area contributed by atoms with Gasteiger partial charge in [0.2, 0.25) is 0 Å². The van der Waals surface area contributed by atoms with Crippen LogP contribution in [0.1, 0.15) is 16.7 Å². The predicted molar refractivity (Wildman–Crippen MR) is 118 cm³/mol. The average Bonchev–Trinajstić information content (AvgIpc) is 2.78. The van der Waals surface area contributed by atoms with Crippen LogP contribution in [0.5, 0.6) is 11.5 Å². The average molecular weight is 483 g/mol. The number of non-ortho nitro benzene ring substituents is 1. The van der Waals surface area contributed by atoms with Crippen molar-refractivity contribution in [2.24, 2.45) is 0 Å². The molecule has 0 aromatic heterocycles. The molecule has 0 aliphatic rings. The normalized spacial score (nSPS) is 11.0. The van der Waals surface area contributed by atoms with Crippen LogP contribution < -0.4 is 9.47 Å². The van der Waals surface area contributed by atoms with Crippen molar-refractivity contribution in [3.8, 4) is 17.6 Å². The Morgan fingerprint density at radius 3 is 2.58 bits per heavy atom. The summed E-state index contributed by atoms with van der Waals surface area (Å²) >= 11 is 3.47. The van der Waals surface area contributed by atoms with Gasteiger partial charge in [0.15, 0.2) is 11.5 Å². The number of hydrogen-bond acceptors (Lipinski definition) is 5. The summed E-state index contributed by atoms with van der Waals surface area (Å²) < 4.78 is 24.9. The summed E-state index contributed by atoms with van der Waals surface area (Å²) in [5, 5.41) is 20.6. The van der Waals surface area contributed by atoms with E-state index in [4.69, 9.17) is 9.47 Å². The van der Waals surface area contributed by atoms with Crippen molar-refractivity contribution in [3.05, 3.63) is 97.8 Å². The molecule has 0 spiro atoms. The van der Waals surface area contributed by atoms with E-state index in [1.165, 1.54) is 37.4 Å². The van der Waals surface area contributed by atoms with Crippen molar-refractivity contribution in [2.45, 2.75) is 6.61 Å². The lowest BCUT2D eigenvalue weighted by atomic mass is 10.0. The molecule has 8 heteroatoms. The Kier molecular flexibility index (Phi) is 7.00. The highest BCUT2D eigenvalue weighted by Gasteiger charge is 2.13. The first-order valence-corrected chi connectivity index (χ1v) is 9.82. The molecule has 0 saturated heterocycles. The zero-order valence-corrected chi connectivity index (χ0v) is 17.9. The van der Waals surface area contributed by atoms with E-state index in [0.717, 1.165) is 5.56 Å². The molecule has 0 N–H and O–H groups in total. The predicted octanol–water partition coefficient (Wildman–Crippen LogP) is 6.15. The van der Waals surface area contributed by atoms with Crippen LogP contribution in [0.4, 0.5) is 10.1 Å². The van der Waals surface area contributed by atoms with Gasteiger partial charge in [-0.25, -0.2) is 4.39 Å². The fraction of sp³-hybridized carbons (Fsp3) is 0.0870. The first-order valence-electron chi connectivity index (χ1n) is 9.02. The molecule has 0 saturated carbocycles. The summed E-state index contributed by atoms with van der Waals surface area (Å²) in [5.74, 6) is 0.579. The third-order valence-electron chi connectivity index (χ3n) is 4.38. The number of halogens is 2. The second kappa shape index (κ2) is 9.87. The van der Waals surface area contributed by atoms with Gasteiger partial charge in [-0.2, -0.15) is 5.26 Å². The van der Waals surface area contributed by atoms with Gasteiger partial charge >= 0.3 is 0 Å². The quantitative estimate of drug-likeness (QED) is 0.174. The van der Waals surface area contributed by atoms with Gasteiger partial charge in [-0.1, -0.05) is 40.2 Å². The SMILES string of the molecule is COc1cc(C=C(C#N)c2cccc([N+](=O)[O-])c2)c(Br)cc1OCc1ccc(F)cc1. The Bertz CT molecular complexity index is 1190. The Hall–Kier alpha value is -3.70. The summed E-state index contributed by atoms with van der Waals surface area (Å²) in [6.07, 6.45) is 1.61. The Morgan fingerprint density at radius 1 is 1.19 bits per heavy atom. The molecule has 0 aliphatic carbocycles. The van der Waals surface area contributed by atoms with Crippen molar-refractivity contribution in [1.82, 2.24) is 0 Å². The molecule has 156 valence electrons. The van der Waals surface area contributed by atoms with Gasteiger partial charge in [-0.05, 0) is 47.0 Å². The van der Waals surface area contributed by atoms with Crippen LogP contribution in [-0.2, 0) is 6.61 Å². The number of hydrogen-bond donors (Lipinski definition) is 0. The smallest absolute Gasteiger partial charge is 0.270 e. The standard InChI is InChI=1S/C23H16BrFN2O4/c1-30-22-11-17(9-18(13-26)16-3-2-4-20(10-16)27(28)29)21(24)12-23(22)31-14-15-5-7-19(25)8-6-15/h2-12H,14H2,1H3. The van der Waals surface area contributed by atoms with Crippen LogP contribution in [0.3, 0.4) is 0 Å². The summed E-state index contributed by atoms with van der Waals surface area (Å²) in [5.41, 5.74) is 2.01. The fourth-order valence-corrected chi connectivity index (χ4v) is 3.24. The second-order valence-corrected chi connectivity index (χ2v) is 7.27. The number of nitrogens with zero attached hydrogens (tertiary/aromatic N) is 2. The number of methoxy groups -OCH3 is 1. The molecule has 6 nitrogen and oxygen atoms in total. The summed E-state index contributed by atoms with van der Waals surface area (Å²) in [6.45, 7) is 0.218. The second-order valence-electron chi connectivity index (χ2n) is 6.42. The maximum absolute atomic E-state index is 13.1. The van der Waals surface area contributed by atoms with Crippen LogP contribution in [0, 0.1) is 27.3 Å². The van der Waals surface area contributed by atoms with Crippen molar-refractivity contribution in [2.75, 3.05) is 7.11 Å². The van der Waals surface area contributed by atoms with E-state index in [9.17, 15) is 19.8 Å². The fourth-order valence-electron chi connectivity index (χ4n) is 2.80. The maximum Gasteiger partial charge on any atom is 0.270 e. The van der Waals surface area contributed by atoms with E-state index >= 15 is 0 Å². The summed E-state index contributed by atoms with van der Waals surface area (Å²) in [6, 6.07) is 17.3. The van der Waals surface area contributed by atoms with E-state index in [1.807, 2.05) is 0 Å². The zero-order chi connectivity index (χ0) is 22.4. The van der Waals surface area contributed by atoms with Crippen molar-refractivity contribution in [1.29, 1.82) is 5.26 Å². The van der Waals surface area contributed by atoms with Crippen molar-refractivity contribution in [3.63, 3.8) is 0 Å². The minimum absolute atomic E-state index is 0.0974. The number of ether oxygens (including phenoxy) is 2. The van der Waals surface area contributed by atoms with Crippen molar-refractivity contribution < 1.29 is 18.8 Å². The Balaban J connectivity index is 1.91. The van der Waals surface area contributed by atoms with Gasteiger partial charge in [0.25, 0.3) is 5.69 Å². The molecule has 31 heavy (non-hydrogen) atoms. The molecule has 0 atom stereocenters. The van der Waals surface area contributed by atoms with E-state index in [-0.39, 0.29) is 23.7 Å². The molecule has 0 aliphatic heterocycles. The number of allylic oxidation sites excluding steroid dienone is 1. The molecule has 0 unspecified atom stereocenters. The van der Waals surface area contributed by atoms with Gasteiger partial charge in [0.1, 0.15) is 12.4 Å². The lowest BCUT2D eigenvalue weighted by molar-refractivity contribution is -0.384. The van der Waals surface area contributed by atoms with E-state index in [2.05, 4.69) is 22.0 Å². The minimum Gasteiger partial charge on any atom is -0.493 e. The molecule has 3 rings (SSSR count). The number of nitro benzene ring substituents is 1. The molecule has 0 heterocycles. The zero-order valence-electron chi connectivity index (χ0n) is 16.3. The van der Waals surface area contributed by atoms with E-state index in [0.29, 0.717) is 27.1 Å². The molecule has 0 radical (unpaired) electrons. The third kappa shape index (κ3) is 5.47. The minimum atomic E-state index is -0.509. The first kappa shape index (κ1) is 22.0.